The summed E-state index contributed by atoms with van der Waals surface area (Å²) < 4.78 is 30.7. The minimum absolute atomic E-state index is 0. The fourth-order valence-corrected chi connectivity index (χ4v) is 2.68. The zero-order chi connectivity index (χ0) is 17.8. The van der Waals surface area contributed by atoms with Gasteiger partial charge in [-0.1, -0.05) is 64.7 Å². The van der Waals surface area contributed by atoms with Gasteiger partial charge < -0.3 is 20.4 Å². The summed E-state index contributed by atoms with van der Waals surface area (Å²) >= 11 is 0. The van der Waals surface area contributed by atoms with Crippen LogP contribution in [-0.2, 0) is 18.8 Å². The van der Waals surface area contributed by atoms with Gasteiger partial charge in [-0.2, -0.15) is 8.42 Å². The van der Waals surface area contributed by atoms with E-state index in [4.69, 9.17) is 20.4 Å². The summed E-state index contributed by atoms with van der Waals surface area (Å²) in [6, 6.07) is 0. The van der Waals surface area contributed by atoms with Gasteiger partial charge in [-0.05, 0) is 6.42 Å². The van der Waals surface area contributed by atoms with Crippen LogP contribution in [0, 0.1) is 0 Å². The van der Waals surface area contributed by atoms with E-state index in [0.717, 1.165) is 19.3 Å². The number of aliphatic hydroxyl groups is 4. The Morgan fingerprint density at radius 3 is 1.71 bits per heavy atom. The van der Waals surface area contributed by atoms with Crippen LogP contribution in [-0.4, -0.2) is 77.3 Å². The maximum absolute atomic E-state index is 11.2. The van der Waals surface area contributed by atoms with E-state index in [9.17, 15) is 8.42 Å². The Kier molecular flexibility index (Phi) is 16.6. The molecule has 0 radical (unpaired) electrons. The normalized spacial score (nSPS) is 13.5. The van der Waals surface area contributed by atoms with Gasteiger partial charge in [0.2, 0.25) is 0 Å². The van der Waals surface area contributed by atoms with Gasteiger partial charge in [-0.15, -0.1) is 0 Å². The third-order valence-corrected chi connectivity index (χ3v) is 4.14. The summed E-state index contributed by atoms with van der Waals surface area (Å²) in [4.78, 5) is 0. The Morgan fingerprint density at radius 1 is 0.875 bits per heavy atom. The maximum atomic E-state index is 11.2. The zero-order valence-electron chi connectivity index (χ0n) is 13.7. The van der Waals surface area contributed by atoms with Crippen LogP contribution in [0.4, 0.5) is 0 Å². The minimum atomic E-state index is -4.60. The Morgan fingerprint density at radius 2 is 1.29 bits per heavy atom. The van der Waals surface area contributed by atoms with E-state index in [-0.39, 0.29) is 36.2 Å². The summed E-state index contributed by atoms with van der Waals surface area (Å²) in [5.41, 5.74) is 0. The Balaban J connectivity index is 0. The third-order valence-electron chi connectivity index (χ3n) is 3.27. The van der Waals surface area contributed by atoms with Crippen molar-refractivity contribution in [2.45, 2.75) is 83.4 Å². The van der Waals surface area contributed by atoms with Crippen LogP contribution < -0.4 is 0 Å². The van der Waals surface area contributed by atoms with Crippen LogP contribution in [0.1, 0.15) is 71.1 Å². The molecule has 24 heavy (non-hydrogen) atoms. The number of hydrogen-bond acceptors (Lipinski definition) is 8. The Labute approximate surface area is 166 Å². The molecule has 10 heteroatoms. The molecule has 0 aromatic rings. The number of rotatable bonds is 15. The molecule has 0 saturated carbocycles. The molecule has 1 unspecified atom stereocenters. The van der Waals surface area contributed by atoms with Gasteiger partial charge in [0.05, 0.1) is 6.61 Å². The molecule has 0 aromatic carbocycles. The van der Waals surface area contributed by atoms with Crippen LogP contribution in [0.5, 0.6) is 0 Å². The first-order valence-corrected chi connectivity index (χ1v) is 9.45. The van der Waals surface area contributed by atoms with E-state index in [1.54, 1.807) is 0 Å². The molecule has 0 amide bonds. The first-order valence-electron chi connectivity index (χ1n) is 8.12. The third kappa shape index (κ3) is 16.2. The van der Waals surface area contributed by atoms with Crippen molar-refractivity contribution >= 4 is 40.0 Å². The molecule has 0 aliphatic rings. The molecule has 142 valence electrons. The second kappa shape index (κ2) is 14.8. The van der Waals surface area contributed by atoms with Gasteiger partial charge in [0, 0.05) is 0 Å². The van der Waals surface area contributed by atoms with Crippen LogP contribution in [0.3, 0.4) is 0 Å². The van der Waals surface area contributed by atoms with E-state index in [2.05, 4.69) is 15.3 Å². The molecule has 0 aliphatic heterocycles. The molecule has 0 fully saturated rings. The van der Waals surface area contributed by atoms with E-state index >= 15 is 0 Å². The van der Waals surface area contributed by atoms with Gasteiger partial charge >= 0.3 is 45.9 Å². The Hall–Kier alpha value is 0.710. The van der Waals surface area contributed by atoms with Crippen molar-refractivity contribution in [2.75, 3.05) is 6.61 Å². The number of aliphatic hydroxyl groups excluding tert-OH is 1. The number of unbranched alkanes of at least 4 members (excludes halogenated alkanes) is 9. The molecule has 8 nitrogen and oxygen atoms in total. The van der Waals surface area contributed by atoms with Gasteiger partial charge in [-0.3, -0.25) is 0 Å². The van der Waals surface area contributed by atoms with Gasteiger partial charge in [0.15, 0.2) is 0 Å². The van der Waals surface area contributed by atoms with Crippen molar-refractivity contribution < 1.29 is 37.2 Å². The van der Waals surface area contributed by atoms with Crippen LogP contribution in [0.15, 0.2) is 0 Å². The average molecular weight is 382 g/mol. The van der Waals surface area contributed by atoms with Gasteiger partial charge in [-0.25, -0.2) is 8.37 Å². The molecule has 0 saturated heterocycles. The van der Waals surface area contributed by atoms with Crippen molar-refractivity contribution in [1.82, 2.24) is 0 Å². The zero-order valence-corrected chi connectivity index (χ0v) is 14.5. The molecule has 0 spiro atoms. The van der Waals surface area contributed by atoms with Crippen molar-refractivity contribution in [3.8, 4) is 0 Å². The predicted octanol–water partition coefficient (Wildman–Crippen LogP) is 0.486. The number of hydrogen-bond donors (Lipinski definition) is 4. The Bertz CT molecular complexity index is 383. The molecule has 0 bridgehead atoms. The summed E-state index contributed by atoms with van der Waals surface area (Å²) in [6.07, 6.45) is 8.09. The molecule has 0 rings (SSSR count). The van der Waals surface area contributed by atoms with E-state index in [1.165, 1.54) is 38.5 Å². The summed E-state index contributed by atoms with van der Waals surface area (Å²) in [5.74, 6) is -3.67. The van der Waals surface area contributed by atoms with Crippen molar-refractivity contribution in [1.29, 1.82) is 0 Å². The van der Waals surface area contributed by atoms with Crippen LogP contribution in [0.25, 0.3) is 0 Å². The average Bonchev–Trinajstić information content (AvgIpc) is 2.43. The topological polar surface area (TPSA) is 134 Å². The summed E-state index contributed by atoms with van der Waals surface area (Å²) in [7, 11) is -4.60. The molecule has 1 atom stereocenters. The molecule has 0 heterocycles. The fraction of sp³-hybridized carbons (Fsp3) is 1.00. The van der Waals surface area contributed by atoms with E-state index in [0.29, 0.717) is 6.42 Å². The molecule has 4 N–H and O–H groups in total. The first kappa shape index (κ1) is 26.9. The predicted molar refractivity (Wildman–Crippen MR) is 90.3 cm³/mol. The van der Waals surface area contributed by atoms with Crippen LogP contribution >= 0.6 is 0 Å². The van der Waals surface area contributed by atoms with Gasteiger partial charge in [0.1, 0.15) is 0 Å². The molecular formula is C14H31NaO8S. The van der Waals surface area contributed by atoms with Crippen molar-refractivity contribution in [3.05, 3.63) is 0 Å². The quantitative estimate of drug-likeness (QED) is 0.183. The molecule has 0 aromatic heterocycles. The van der Waals surface area contributed by atoms with E-state index < -0.39 is 22.7 Å². The van der Waals surface area contributed by atoms with E-state index in [1.807, 2.05) is 0 Å². The fourth-order valence-electron chi connectivity index (χ4n) is 1.95. The second-order valence-electron chi connectivity index (χ2n) is 5.55. The molecule has 0 aliphatic carbocycles. The second-order valence-corrected chi connectivity index (χ2v) is 6.79. The van der Waals surface area contributed by atoms with Crippen molar-refractivity contribution in [3.63, 3.8) is 0 Å². The first-order chi connectivity index (χ1) is 10.7. The van der Waals surface area contributed by atoms with Crippen molar-refractivity contribution in [2.24, 2.45) is 0 Å². The summed E-state index contributed by atoms with van der Waals surface area (Å²) in [6.45, 7) is 2.04. The molecular weight excluding hydrogens is 351 g/mol. The summed E-state index contributed by atoms with van der Waals surface area (Å²) in [5, 5.41) is 34.4. The standard InChI is InChI=1S/C14H30O8S.Na.H/c1-2-3-4-5-6-7-8-9-10-11-12-21-23(19,20)22-13(15)14(16,17)18;;/h13,15-18H,2-12H2,1H3;;. The van der Waals surface area contributed by atoms with Gasteiger partial charge in [0.25, 0.3) is 6.29 Å². The SMILES string of the molecule is CCCCCCCCCCCCOS(=O)(=O)OC(O)C(O)(O)O.[NaH]. The van der Waals surface area contributed by atoms with Crippen LogP contribution in [0.2, 0.25) is 0 Å². The monoisotopic (exact) mass is 382 g/mol.